The van der Waals surface area contributed by atoms with Crippen molar-refractivity contribution < 1.29 is 24.2 Å². The molecule has 4 N–H and O–H groups in total. The predicted molar refractivity (Wildman–Crippen MR) is 111 cm³/mol. The maximum Gasteiger partial charge on any atom is 0.337 e. The third-order valence-electron chi connectivity index (χ3n) is 5.19. The van der Waals surface area contributed by atoms with E-state index < -0.39 is 18.0 Å². The van der Waals surface area contributed by atoms with Gasteiger partial charge in [0.1, 0.15) is 5.82 Å². The predicted octanol–water partition coefficient (Wildman–Crippen LogP) is 3.51. The van der Waals surface area contributed by atoms with Gasteiger partial charge in [-0.1, -0.05) is 24.3 Å². The van der Waals surface area contributed by atoms with Crippen molar-refractivity contribution in [2.24, 2.45) is 5.73 Å². The van der Waals surface area contributed by atoms with Crippen LogP contribution in [0.25, 0.3) is 21.8 Å². The van der Waals surface area contributed by atoms with Gasteiger partial charge < -0.3 is 20.5 Å². The van der Waals surface area contributed by atoms with E-state index >= 15 is 0 Å². The molecule has 0 aliphatic heterocycles. The maximum atomic E-state index is 13.7. The summed E-state index contributed by atoms with van der Waals surface area (Å²) >= 11 is 0. The molecule has 1 unspecified atom stereocenters. The summed E-state index contributed by atoms with van der Waals surface area (Å²) in [7, 11) is 0. The lowest BCUT2D eigenvalue weighted by molar-refractivity contribution is -0.146. The summed E-state index contributed by atoms with van der Waals surface area (Å²) in [5.41, 5.74) is 8.68. The molecule has 1 atom stereocenters. The standard InChI is InChI=1S/C23H19FN2O4/c1-12-8-16(21(27)23(29)30)20-18(9-12)26(11-13-4-2-5-14(24)10-13)17-7-3-6-15(19(17)20)22(25)28/h2-10,21,27H,11H2,1H3,(H2,25,28)(H,29,30). The molecule has 1 amide bonds. The number of hydrogen-bond donors (Lipinski definition) is 3. The second-order valence-corrected chi connectivity index (χ2v) is 7.27. The van der Waals surface area contributed by atoms with E-state index in [2.05, 4.69) is 0 Å². The molecule has 4 aromatic rings. The highest BCUT2D eigenvalue weighted by Crippen LogP contribution is 2.37. The van der Waals surface area contributed by atoms with Gasteiger partial charge in [0.15, 0.2) is 6.10 Å². The lowest BCUT2D eigenvalue weighted by Crippen LogP contribution is -2.13. The second kappa shape index (κ2) is 7.27. The van der Waals surface area contributed by atoms with Crippen LogP contribution < -0.4 is 5.73 Å². The number of aliphatic hydroxyl groups is 1. The lowest BCUT2D eigenvalue weighted by atomic mass is 9.97. The summed E-state index contributed by atoms with van der Waals surface area (Å²) in [6.07, 6.45) is -1.78. The van der Waals surface area contributed by atoms with E-state index in [9.17, 15) is 24.2 Å². The molecule has 1 heterocycles. The van der Waals surface area contributed by atoms with Crippen LogP contribution in [-0.2, 0) is 11.3 Å². The van der Waals surface area contributed by atoms with Gasteiger partial charge in [0.05, 0.1) is 11.0 Å². The number of aliphatic carboxylic acids is 1. The van der Waals surface area contributed by atoms with Crippen LogP contribution in [-0.4, -0.2) is 26.7 Å². The van der Waals surface area contributed by atoms with Crippen LogP contribution in [0, 0.1) is 12.7 Å². The van der Waals surface area contributed by atoms with Crippen molar-refractivity contribution in [3.05, 3.63) is 82.7 Å². The summed E-state index contributed by atoms with van der Waals surface area (Å²) in [5, 5.41) is 20.7. The lowest BCUT2D eigenvalue weighted by Gasteiger charge is -2.12. The quantitative estimate of drug-likeness (QED) is 0.472. The maximum absolute atomic E-state index is 13.7. The molecule has 6 nitrogen and oxygen atoms in total. The topological polar surface area (TPSA) is 106 Å². The average molecular weight is 406 g/mol. The van der Waals surface area contributed by atoms with Crippen molar-refractivity contribution >= 4 is 33.7 Å². The molecule has 7 heteroatoms. The molecule has 152 valence electrons. The number of hydrogen-bond acceptors (Lipinski definition) is 3. The third-order valence-corrected chi connectivity index (χ3v) is 5.19. The van der Waals surface area contributed by atoms with Crippen molar-refractivity contribution in [2.45, 2.75) is 19.6 Å². The molecule has 4 rings (SSSR count). The normalized spacial score (nSPS) is 12.4. The van der Waals surface area contributed by atoms with E-state index in [1.54, 1.807) is 43.3 Å². The SMILES string of the molecule is Cc1cc(C(O)C(=O)O)c2c3c(C(N)=O)cccc3n(Cc3cccc(F)c3)c2c1. The number of aryl methyl sites for hydroxylation is 1. The van der Waals surface area contributed by atoms with E-state index in [0.29, 0.717) is 27.4 Å². The Hall–Kier alpha value is -3.71. The molecule has 3 aromatic carbocycles. The number of rotatable bonds is 5. The van der Waals surface area contributed by atoms with Gasteiger partial charge in [-0.05, 0) is 48.4 Å². The molecule has 30 heavy (non-hydrogen) atoms. The van der Waals surface area contributed by atoms with Crippen molar-refractivity contribution in [1.29, 1.82) is 0 Å². The smallest absolute Gasteiger partial charge is 0.337 e. The van der Waals surface area contributed by atoms with E-state index in [4.69, 9.17) is 5.73 Å². The van der Waals surface area contributed by atoms with Gasteiger partial charge in [-0.3, -0.25) is 4.79 Å². The summed E-state index contributed by atoms with van der Waals surface area (Å²) < 4.78 is 15.6. The van der Waals surface area contributed by atoms with Gasteiger partial charge >= 0.3 is 5.97 Å². The van der Waals surface area contributed by atoms with Crippen molar-refractivity contribution in [2.75, 3.05) is 0 Å². The number of carbonyl (C=O) groups excluding carboxylic acids is 1. The monoisotopic (exact) mass is 406 g/mol. The van der Waals surface area contributed by atoms with Gasteiger partial charge in [0.25, 0.3) is 0 Å². The number of carboxylic acids is 1. The highest BCUT2D eigenvalue weighted by atomic mass is 19.1. The van der Waals surface area contributed by atoms with Gasteiger partial charge in [-0.15, -0.1) is 0 Å². The Morgan fingerprint density at radius 2 is 1.80 bits per heavy atom. The molecule has 0 aliphatic carbocycles. The first-order chi connectivity index (χ1) is 14.3. The van der Waals surface area contributed by atoms with Crippen LogP contribution in [0.5, 0.6) is 0 Å². The first-order valence-corrected chi connectivity index (χ1v) is 9.28. The summed E-state index contributed by atoms with van der Waals surface area (Å²) in [6, 6.07) is 14.6. The number of amides is 1. The van der Waals surface area contributed by atoms with Crippen LogP contribution in [0.2, 0.25) is 0 Å². The summed E-state index contributed by atoms with van der Waals surface area (Å²) in [6.45, 7) is 2.07. The first kappa shape index (κ1) is 19.6. The highest BCUT2D eigenvalue weighted by molar-refractivity contribution is 6.19. The Morgan fingerprint density at radius 1 is 1.07 bits per heavy atom. The van der Waals surface area contributed by atoms with Crippen molar-refractivity contribution in [1.82, 2.24) is 4.57 Å². The summed E-state index contributed by atoms with van der Waals surface area (Å²) in [4.78, 5) is 23.7. The minimum Gasteiger partial charge on any atom is -0.479 e. The zero-order valence-electron chi connectivity index (χ0n) is 16.1. The summed E-state index contributed by atoms with van der Waals surface area (Å²) in [5.74, 6) is -2.43. The van der Waals surface area contributed by atoms with Gasteiger partial charge in [0.2, 0.25) is 5.91 Å². The molecule has 0 aliphatic rings. The molecular weight excluding hydrogens is 387 g/mol. The van der Waals surface area contributed by atoms with Crippen LogP contribution in [0.1, 0.15) is 33.2 Å². The number of benzene rings is 3. The van der Waals surface area contributed by atoms with E-state index in [1.807, 2.05) is 10.6 Å². The number of aliphatic hydroxyl groups excluding tert-OH is 1. The molecule has 0 fully saturated rings. The van der Waals surface area contributed by atoms with Crippen molar-refractivity contribution in [3.63, 3.8) is 0 Å². The molecule has 0 saturated carbocycles. The van der Waals surface area contributed by atoms with E-state index in [-0.39, 0.29) is 23.5 Å². The van der Waals surface area contributed by atoms with Gasteiger partial charge in [-0.25, -0.2) is 9.18 Å². The number of fused-ring (bicyclic) bond motifs is 3. The fourth-order valence-electron chi connectivity index (χ4n) is 3.98. The van der Waals surface area contributed by atoms with Crippen molar-refractivity contribution in [3.8, 4) is 0 Å². The fourth-order valence-corrected chi connectivity index (χ4v) is 3.98. The van der Waals surface area contributed by atoms with Crippen LogP contribution in [0.15, 0.2) is 54.6 Å². The second-order valence-electron chi connectivity index (χ2n) is 7.27. The van der Waals surface area contributed by atoms with Gasteiger partial charge in [-0.2, -0.15) is 0 Å². The molecule has 1 aromatic heterocycles. The Morgan fingerprint density at radius 3 is 2.47 bits per heavy atom. The third kappa shape index (κ3) is 3.19. The number of carboxylic acid groups (broad SMARTS) is 1. The highest BCUT2D eigenvalue weighted by Gasteiger charge is 2.25. The molecular formula is C23H19FN2O4. The van der Waals surface area contributed by atoms with Crippen LogP contribution >= 0.6 is 0 Å². The Balaban J connectivity index is 2.14. The molecule has 0 radical (unpaired) electrons. The molecule has 0 saturated heterocycles. The Labute approximate surface area is 171 Å². The Kier molecular flexibility index (Phi) is 4.75. The number of halogens is 1. The number of aromatic nitrogens is 1. The van der Waals surface area contributed by atoms with Gasteiger partial charge in [0, 0.05) is 28.4 Å². The minimum atomic E-state index is -1.78. The zero-order chi connectivity index (χ0) is 21.6. The van der Waals surface area contributed by atoms with E-state index in [1.165, 1.54) is 12.1 Å². The van der Waals surface area contributed by atoms with Crippen LogP contribution in [0.3, 0.4) is 0 Å². The number of primary amides is 1. The molecule has 0 bridgehead atoms. The Bertz CT molecular complexity index is 1330. The number of carbonyl (C=O) groups is 2. The number of nitrogens with zero attached hydrogens (tertiary/aromatic N) is 1. The van der Waals surface area contributed by atoms with E-state index in [0.717, 1.165) is 5.56 Å². The largest absolute Gasteiger partial charge is 0.479 e. The molecule has 0 spiro atoms. The first-order valence-electron chi connectivity index (χ1n) is 9.28. The average Bonchev–Trinajstić information content (AvgIpc) is 3.00. The minimum absolute atomic E-state index is 0.175. The zero-order valence-corrected chi connectivity index (χ0v) is 16.1. The van der Waals surface area contributed by atoms with Crippen LogP contribution in [0.4, 0.5) is 4.39 Å². The fraction of sp³-hybridized carbons (Fsp3) is 0.130. The number of nitrogens with two attached hydrogens (primary N) is 1.